The van der Waals surface area contributed by atoms with Crippen LogP contribution in [-0.2, 0) is 32.2 Å². The molecule has 1 spiro atoms. The number of aromatic nitrogens is 2. The summed E-state index contributed by atoms with van der Waals surface area (Å²) < 4.78 is 61.3. The smallest absolute Gasteiger partial charge is 0.387 e. The maximum absolute atomic E-state index is 12.7. The predicted molar refractivity (Wildman–Crippen MR) is 99.2 cm³/mol. The molecule has 13 heteroatoms. The molecule has 1 aromatic rings. The van der Waals surface area contributed by atoms with Crippen LogP contribution >= 0.6 is 0 Å². The van der Waals surface area contributed by atoms with Crippen LogP contribution < -0.4 is 5.32 Å². The number of amides is 1. The zero-order valence-electron chi connectivity index (χ0n) is 16.0. The average Bonchev–Trinajstić information content (AvgIpc) is 3.34. The van der Waals surface area contributed by atoms with E-state index in [9.17, 15) is 26.4 Å². The van der Waals surface area contributed by atoms with E-state index in [0.717, 1.165) is 12.6 Å². The normalized spacial score (nSPS) is 29.0. The molecule has 4 rings (SSSR count). The lowest BCUT2D eigenvalue weighted by Crippen LogP contribution is -2.49. The SMILES string of the molecule is O=C(NC1CCS(=O)(=O)C1)C1=NOC2(CCCN(Cc3ncc(C(F)(F)F)[nH]3)C2)C1. The van der Waals surface area contributed by atoms with Gasteiger partial charge in [0.15, 0.2) is 15.4 Å². The third kappa shape index (κ3) is 4.61. The van der Waals surface area contributed by atoms with Gasteiger partial charge in [-0.15, -0.1) is 0 Å². The number of sulfone groups is 1. The van der Waals surface area contributed by atoms with Crippen LogP contribution in [0.25, 0.3) is 0 Å². The third-order valence-electron chi connectivity index (χ3n) is 5.59. The number of rotatable bonds is 4. The number of piperidine rings is 1. The van der Waals surface area contributed by atoms with E-state index in [0.29, 0.717) is 25.9 Å². The van der Waals surface area contributed by atoms with Crippen LogP contribution in [0.3, 0.4) is 0 Å². The van der Waals surface area contributed by atoms with Crippen LogP contribution in [0, 0.1) is 0 Å². The second kappa shape index (κ2) is 7.52. The number of oxime groups is 1. The lowest BCUT2D eigenvalue weighted by atomic mass is 9.88. The highest BCUT2D eigenvalue weighted by Crippen LogP contribution is 2.34. The Balaban J connectivity index is 1.33. The van der Waals surface area contributed by atoms with Gasteiger partial charge in [-0.3, -0.25) is 9.69 Å². The highest BCUT2D eigenvalue weighted by Gasteiger charge is 2.45. The third-order valence-corrected chi connectivity index (χ3v) is 7.36. The summed E-state index contributed by atoms with van der Waals surface area (Å²) in [7, 11) is -3.11. The number of nitrogens with zero attached hydrogens (tertiary/aromatic N) is 3. The minimum Gasteiger partial charge on any atom is -0.387 e. The van der Waals surface area contributed by atoms with E-state index in [-0.39, 0.29) is 36.0 Å². The maximum Gasteiger partial charge on any atom is 0.432 e. The molecule has 0 aliphatic carbocycles. The molecule has 30 heavy (non-hydrogen) atoms. The molecule has 9 nitrogen and oxygen atoms in total. The number of imidazole rings is 1. The van der Waals surface area contributed by atoms with Crippen molar-refractivity contribution < 1.29 is 31.2 Å². The fourth-order valence-corrected chi connectivity index (χ4v) is 5.84. The van der Waals surface area contributed by atoms with E-state index in [1.165, 1.54) is 0 Å². The second-order valence-electron chi connectivity index (χ2n) is 8.12. The minimum atomic E-state index is -4.47. The van der Waals surface area contributed by atoms with Crippen molar-refractivity contribution in [2.45, 2.75) is 50.0 Å². The summed E-state index contributed by atoms with van der Waals surface area (Å²) in [6, 6.07) is -0.425. The fraction of sp³-hybridized carbons (Fsp3) is 0.706. The largest absolute Gasteiger partial charge is 0.432 e. The number of H-pyrrole nitrogens is 1. The van der Waals surface area contributed by atoms with Gasteiger partial charge < -0.3 is 15.1 Å². The quantitative estimate of drug-likeness (QED) is 0.704. The Kier molecular flexibility index (Phi) is 5.29. The van der Waals surface area contributed by atoms with Crippen LogP contribution in [0.5, 0.6) is 0 Å². The molecule has 166 valence electrons. The van der Waals surface area contributed by atoms with Crippen LogP contribution in [0.2, 0.25) is 0 Å². The lowest BCUT2D eigenvalue weighted by molar-refractivity contribution is -0.141. The molecule has 2 N–H and O–H groups in total. The maximum atomic E-state index is 12.7. The summed E-state index contributed by atoms with van der Waals surface area (Å²) in [5.41, 5.74) is -1.40. The van der Waals surface area contributed by atoms with Crippen LogP contribution in [0.15, 0.2) is 11.4 Å². The molecule has 0 radical (unpaired) electrons. The molecule has 0 bridgehead atoms. The minimum absolute atomic E-state index is 0.0582. The molecule has 2 atom stereocenters. The van der Waals surface area contributed by atoms with Crippen molar-refractivity contribution in [3.05, 3.63) is 17.7 Å². The van der Waals surface area contributed by atoms with Gasteiger partial charge >= 0.3 is 6.18 Å². The molecule has 1 amide bonds. The van der Waals surface area contributed by atoms with Crippen molar-refractivity contribution in [1.82, 2.24) is 20.2 Å². The molecule has 4 heterocycles. The summed E-state index contributed by atoms with van der Waals surface area (Å²) in [5, 5.41) is 6.63. The molecular weight excluding hydrogens is 427 g/mol. The number of carbonyl (C=O) groups is 1. The number of likely N-dealkylation sites (tertiary alicyclic amines) is 1. The molecule has 0 aromatic carbocycles. The molecular formula is C17H22F3N5O4S. The van der Waals surface area contributed by atoms with Gasteiger partial charge in [0, 0.05) is 19.0 Å². The van der Waals surface area contributed by atoms with Crippen molar-refractivity contribution in [2.24, 2.45) is 5.16 Å². The zero-order chi connectivity index (χ0) is 21.6. The summed E-state index contributed by atoms with van der Waals surface area (Å²) in [5.74, 6) is -0.247. The van der Waals surface area contributed by atoms with Gasteiger partial charge in [-0.05, 0) is 25.8 Å². The summed E-state index contributed by atoms with van der Waals surface area (Å²) in [6.07, 6.45) is -1.66. The highest BCUT2D eigenvalue weighted by molar-refractivity contribution is 7.91. The molecule has 0 saturated carbocycles. The first-order chi connectivity index (χ1) is 14.0. The van der Waals surface area contributed by atoms with Gasteiger partial charge in [-0.1, -0.05) is 5.16 Å². The van der Waals surface area contributed by atoms with E-state index in [1.807, 2.05) is 4.90 Å². The Morgan fingerprint density at radius 1 is 1.43 bits per heavy atom. The number of hydrogen-bond acceptors (Lipinski definition) is 7. The summed E-state index contributed by atoms with van der Waals surface area (Å²) in [6.45, 7) is 1.25. The Hall–Kier alpha value is -2.15. The first-order valence-corrected chi connectivity index (χ1v) is 11.5. The van der Waals surface area contributed by atoms with Crippen molar-refractivity contribution in [1.29, 1.82) is 0 Å². The van der Waals surface area contributed by atoms with Crippen molar-refractivity contribution in [3.8, 4) is 0 Å². The van der Waals surface area contributed by atoms with Gasteiger partial charge in [-0.25, -0.2) is 13.4 Å². The molecule has 3 aliphatic heterocycles. The molecule has 3 aliphatic rings. The van der Waals surface area contributed by atoms with Crippen molar-refractivity contribution >= 4 is 21.5 Å². The Morgan fingerprint density at radius 3 is 2.90 bits per heavy atom. The summed E-state index contributed by atoms with van der Waals surface area (Å²) in [4.78, 5) is 26.1. The topological polar surface area (TPSA) is 117 Å². The van der Waals surface area contributed by atoms with Gasteiger partial charge in [-0.2, -0.15) is 13.2 Å². The Bertz CT molecular complexity index is 961. The molecule has 2 unspecified atom stereocenters. The van der Waals surface area contributed by atoms with Crippen LogP contribution in [0.1, 0.15) is 37.2 Å². The van der Waals surface area contributed by atoms with Gasteiger partial charge in [0.2, 0.25) is 0 Å². The molecule has 2 saturated heterocycles. The highest BCUT2D eigenvalue weighted by atomic mass is 32.2. The first kappa shape index (κ1) is 21.1. The van der Waals surface area contributed by atoms with E-state index in [4.69, 9.17) is 4.84 Å². The lowest BCUT2D eigenvalue weighted by Gasteiger charge is -2.37. The van der Waals surface area contributed by atoms with Crippen LogP contribution in [-0.4, -0.2) is 71.1 Å². The predicted octanol–water partition coefficient (Wildman–Crippen LogP) is 0.843. The Labute approximate surface area is 171 Å². The number of carbonyl (C=O) groups excluding carboxylic acids is 1. The van der Waals surface area contributed by atoms with Gasteiger partial charge in [0.05, 0.1) is 24.2 Å². The Morgan fingerprint density at radius 2 is 2.23 bits per heavy atom. The molecule has 1 aromatic heterocycles. The number of alkyl halides is 3. The monoisotopic (exact) mass is 449 g/mol. The van der Waals surface area contributed by atoms with Crippen LogP contribution in [0.4, 0.5) is 13.2 Å². The number of nitrogens with one attached hydrogen (secondary N) is 2. The number of aromatic amines is 1. The first-order valence-electron chi connectivity index (χ1n) is 9.63. The van der Waals surface area contributed by atoms with E-state index >= 15 is 0 Å². The van der Waals surface area contributed by atoms with Gasteiger partial charge in [0.1, 0.15) is 17.2 Å². The molecule has 2 fully saturated rings. The van der Waals surface area contributed by atoms with E-state index in [1.54, 1.807) is 0 Å². The summed E-state index contributed by atoms with van der Waals surface area (Å²) >= 11 is 0. The van der Waals surface area contributed by atoms with Crippen molar-refractivity contribution in [2.75, 3.05) is 24.6 Å². The van der Waals surface area contributed by atoms with E-state index in [2.05, 4.69) is 20.4 Å². The second-order valence-corrected chi connectivity index (χ2v) is 10.3. The average molecular weight is 449 g/mol. The number of hydrogen-bond donors (Lipinski definition) is 2. The number of halogens is 3. The zero-order valence-corrected chi connectivity index (χ0v) is 16.9. The standard InChI is InChI=1S/C17H22F3N5O4S/c18-17(19,20)13-7-21-14(23-13)8-25-4-1-3-16(10-25)6-12(24-29-16)15(26)22-11-2-5-30(27,28)9-11/h7,11H,1-6,8-10H2,(H,21,23)(H,22,26). The fourth-order valence-electron chi connectivity index (χ4n) is 4.16. The van der Waals surface area contributed by atoms with Gasteiger partial charge in [0.25, 0.3) is 5.91 Å². The van der Waals surface area contributed by atoms with E-state index < -0.39 is 39.3 Å². The van der Waals surface area contributed by atoms with Crippen molar-refractivity contribution in [3.63, 3.8) is 0 Å².